The number of methoxy groups -OCH3 is 2. The zero-order chi connectivity index (χ0) is 15.0. The molecule has 0 unspecified atom stereocenters. The zero-order valence-electron chi connectivity index (χ0n) is 12.0. The smallest absolute Gasteiger partial charge is 0.155 e. The molecule has 108 valence electrons. The number of rotatable bonds is 3. The predicted molar refractivity (Wildman–Crippen MR) is 83.7 cm³/mol. The second kappa shape index (κ2) is 5.21. The van der Waals surface area contributed by atoms with Crippen molar-refractivity contribution in [2.45, 2.75) is 6.92 Å². The van der Waals surface area contributed by atoms with Crippen LogP contribution in [0.1, 0.15) is 5.69 Å². The van der Waals surface area contributed by atoms with Crippen LogP contribution in [0, 0.1) is 11.6 Å². The Morgan fingerprint density at radius 1 is 1.05 bits per heavy atom. The van der Waals surface area contributed by atoms with E-state index in [1.165, 1.54) is 0 Å². The van der Waals surface area contributed by atoms with E-state index in [1.54, 1.807) is 18.7 Å². The normalized spacial score (nSPS) is 10.8. The van der Waals surface area contributed by atoms with Gasteiger partial charge in [0.05, 0.1) is 19.9 Å². The summed E-state index contributed by atoms with van der Waals surface area (Å²) >= 11 is 5.34. The third-order valence-corrected chi connectivity index (χ3v) is 3.54. The van der Waals surface area contributed by atoms with Gasteiger partial charge in [0.1, 0.15) is 16.1 Å². The summed E-state index contributed by atoms with van der Waals surface area (Å²) in [6.45, 7) is 1.93. The van der Waals surface area contributed by atoms with Gasteiger partial charge < -0.3 is 9.47 Å². The molecule has 0 aliphatic rings. The standard InChI is InChI=1S/C15H15N3O2S/c1-9-4-15(21)18-14(16-9)8-13(17-18)10-5-11(19-2)7-12(6-10)20-3/h4-8,17H,1-3H3. The van der Waals surface area contributed by atoms with Crippen LogP contribution < -0.4 is 9.47 Å². The third-order valence-electron chi connectivity index (χ3n) is 3.24. The van der Waals surface area contributed by atoms with Crippen molar-refractivity contribution >= 4 is 17.9 Å². The lowest BCUT2D eigenvalue weighted by atomic mass is 10.1. The van der Waals surface area contributed by atoms with E-state index in [9.17, 15) is 0 Å². The number of aryl methyl sites for hydroxylation is 1. The van der Waals surface area contributed by atoms with Crippen molar-refractivity contribution in [3.8, 4) is 22.8 Å². The van der Waals surface area contributed by atoms with Crippen LogP contribution in [-0.4, -0.2) is 28.8 Å². The molecule has 3 rings (SSSR count). The van der Waals surface area contributed by atoms with Gasteiger partial charge in [0.2, 0.25) is 0 Å². The maximum Gasteiger partial charge on any atom is 0.155 e. The molecule has 2 heterocycles. The van der Waals surface area contributed by atoms with Gasteiger partial charge in [-0.2, -0.15) is 0 Å². The van der Waals surface area contributed by atoms with Crippen molar-refractivity contribution in [3.63, 3.8) is 0 Å². The maximum absolute atomic E-state index is 5.34. The Kier molecular flexibility index (Phi) is 3.39. The van der Waals surface area contributed by atoms with Crippen LogP contribution in [0.25, 0.3) is 16.9 Å². The molecule has 1 aromatic carbocycles. The molecule has 1 N–H and O–H groups in total. The van der Waals surface area contributed by atoms with Crippen LogP contribution in [0.2, 0.25) is 0 Å². The molecule has 0 aliphatic heterocycles. The van der Waals surface area contributed by atoms with Gasteiger partial charge in [0, 0.05) is 23.4 Å². The Hall–Kier alpha value is -2.34. The minimum Gasteiger partial charge on any atom is -0.497 e. The monoisotopic (exact) mass is 301 g/mol. The highest BCUT2D eigenvalue weighted by atomic mass is 32.1. The van der Waals surface area contributed by atoms with Crippen LogP contribution in [0.5, 0.6) is 11.5 Å². The number of ether oxygens (including phenoxy) is 2. The second-order valence-electron chi connectivity index (χ2n) is 4.70. The minimum absolute atomic E-state index is 0.693. The average Bonchev–Trinajstić information content (AvgIpc) is 2.91. The van der Waals surface area contributed by atoms with Gasteiger partial charge in [-0.05, 0) is 25.1 Å². The molecule has 5 nitrogen and oxygen atoms in total. The van der Waals surface area contributed by atoms with Gasteiger partial charge in [-0.15, -0.1) is 0 Å². The summed E-state index contributed by atoms with van der Waals surface area (Å²) in [7, 11) is 3.26. The van der Waals surface area contributed by atoms with Crippen molar-refractivity contribution in [1.29, 1.82) is 0 Å². The summed E-state index contributed by atoms with van der Waals surface area (Å²) in [6.07, 6.45) is 0. The Labute approximate surface area is 127 Å². The van der Waals surface area contributed by atoms with Crippen molar-refractivity contribution < 1.29 is 9.47 Å². The second-order valence-corrected chi connectivity index (χ2v) is 5.12. The van der Waals surface area contributed by atoms with Gasteiger partial charge >= 0.3 is 0 Å². The molecule has 0 fully saturated rings. The van der Waals surface area contributed by atoms with Crippen LogP contribution in [-0.2, 0) is 0 Å². The number of hydrogen-bond acceptors (Lipinski definition) is 4. The number of hydrogen-bond donors (Lipinski definition) is 1. The van der Waals surface area contributed by atoms with Crippen molar-refractivity contribution in [2.75, 3.05) is 14.2 Å². The number of nitrogens with one attached hydrogen (secondary N) is 1. The van der Waals surface area contributed by atoms with Gasteiger partial charge in [0.25, 0.3) is 0 Å². The quantitative estimate of drug-likeness (QED) is 0.753. The van der Waals surface area contributed by atoms with Gasteiger partial charge in [-0.1, -0.05) is 12.2 Å². The summed E-state index contributed by atoms with van der Waals surface area (Å²) < 4.78 is 13.1. The molecule has 0 amide bonds. The first-order chi connectivity index (χ1) is 10.1. The molecule has 0 radical (unpaired) electrons. The number of aromatic nitrogens is 3. The largest absolute Gasteiger partial charge is 0.497 e. The number of benzene rings is 1. The summed E-state index contributed by atoms with van der Waals surface area (Å²) in [5.74, 6) is 1.46. The van der Waals surface area contributed by atoms with E-state index in [1.807, 2.05) is 37.3 Å². The molecular weight excluding hydrogens is 286 g/mol. The van der Waals surface area contributed by atoms with E-state index < -0.39 is 0 Å². The maximum atomic E-state index is 5.34. The molecule has 0 saturated heterocycles. The SMILES string of the molecule is COc1cc(OC)cc(-c2cc3nc(C)cc(=S)n3[nH]2)c1. The fourth-order valence-electron chi connectivity index (χ4n) is 2.22. The van der Waals surface area contributed by atoms with Crippen LogP contribution in [0.4, 0.5) is 0 Å². The van der Waals surface area contributed by atoms with E-state index in [-0.39, 0.29) is 0 Å². The molecule has 0 atom stereocenters. The Morgan fingerprint density at radius 2 is 1.71 bits per heavy atom. The lowest BCUT2D eigenvalue weighted by Crippen LogP contribution is -1.93. The number of aromatic amines is 1. The average molecular weight is 301 g/mol. The van der Waals surface area contributed by atoms with Gasteiger partial charge in [0.15, 0.2) is 5.65 Å². The van der Waals surface area contributed by atoms with Crippen molar-refractivity contribution in [3.05, 3.63) is 40.7 Å². The molecule has 21 heavy (non-hydrogen) atoms. The molecule has 0 aliphatic carbocycles. The van der Waals surface area contributed by atoms with E-state index >= 15 is 0 Å². The van der Waals surface area contributed by atoms with Crippen LogP contribution in [0.3, 0.4) is 0 Å². The molecule has 0 bridgehead atoms. The van der Waals surface area contributed by atoms with Crippen LogP contribution >= 0.6 is 12.2 Å². The molecule has 3 aromatic rings. The predicted octanol–water partition coefficient (Wildman–Crippen LogP) is 3.38. The van der Waals surface area contributed by atoms with E-state index in [0.717, 1.165) is 34.1 Å². The molecule has 6 heteroatoms. The lowest BCUT2D eigenvalue weighted by Gasteiger charge is -2.07. The van der Waals surface area contributed by atoms with Crippen molar-refractivity contribution in [1.82, 2.24) is 14.6 Å². The highest BCUT2D eigenvalue weighted by Gasteiger charge is 2.08. The van der Waals surface area contributed by atoms with Gasteiger partial charge in [-0.3, -0.25) is 5.10 Å². The molecule has 0 spiro atoms. The van der Waals surface area contributed by atoms with E-state index in [2.05, 4.69) is 10.1 Å². The summed E-state index contributed by atoms with van der Waals surface area (Å²) in [6, 6.07) is 9.51. The topological polar surface area (TPSA) is 51.6 Å². The van der Waals surface area contributed by atoms with Crippen molar-refractivity contribution in [2.24, 2.45) is 0 Å². The summed E-state index contributed by atoms with van der Waals surface area (Å²) in [4.78, 5) is 4.47. The Balaban J connectivity index is 2.20. The fourth-order valence-corrected chi connectivity index (χ4v) is 2.53. The minimum atomic E-state index is 0.693. The fraction of sp³-hybridized carbons (Fsp3) is 0.200. The van der Waals surface area contributed by atoms with E-state index in [4.69, 9.17) is 21.7 Å². The lowest BCUT2D eigenvalue weighted by molar-refractivity contribution is 0.394. The number of nitrogens with zero attached hydrogens (tertiary/aromatic N) is 2. The first-order valence-corrected chi connectivity index (χ1v) is 6.84. The van der Waals surface area contributed by atoms with Gasteiger partial charge in [-0.25, -0.2) is 9.50 Å². The highest BCUT2D eigenvalue weighted by molar-refractivity contribution is 7.71. The van der Waals surface area contributed by atoms with E-state index in [0.29, 0.717) is 4.64 Å². The molecule has 2 aromatic heterocycles. The first-order valence-electron chi connectivity index (χ1n) is 6.43. The summed E-state index contributed by atoms with van der Waals surface area (Å²) in [5.41, 5.74) is 3.53. The highest BCUT2D eigenvalue weighted by Crippen LogP contribution is 2.29. The first kappa shape index (κ1) is 13.6. The Bertz CT molecular complexity index is 845. The molecule has 0 saturated carbocycles. The number of fused-ring (bicyclic) bond motifs is 1. The van der Waals surface area contributed by atoms with Crippen LogP contribution in [0.15, 0.2) is 30.3 Å². The third kappa shape index (κ3) is 2.50. The molecular formula is C15H15N3O2S. The Morgan fingerprint density at radius 3 is 2.33 bits per heavy atom. The zero-order valence-corrected chi connectivity index (χ0v) is 12.8. The number of H-pyrrole nitrogens is 1. The summed E-state index contributed by atoms with van der Waals surface area (Å²) in [5, 5.41) is 3.25.